The Morgan fingerprint density at radius 1 is 1.31 bits per heavy atom. The van der Waals surface area contributed by atoms with E-state index in [0.29, 0.717) is 18.2 Å². The number of nitrogens with zero attached hydrogens (tertiary/aromatic N) is 1. The number of hydrogen-bond acceptors (Lipinski definition) is 6. The van der Waals surface area contributed by atoms with Gasteiger partial charge in [0.2, 0.25) is 5.91 Å². The summed E-state index contributed by atoms with van der Waals surface area (Å²) < 4.78 is 25.2. The van der Waals surface area contributed by atoms with Gasteiger partial charge in [-0.05, 0) is 37.1 Å². The number of carbonyl (C=O) groups excluding carboxylic acids is 1. The molecule has 0 radical (unpaired) electrons. The van der Waals surface area contributed by atoms with Crippen LogP contribution in [0.4, 0.5) is 0 Å². The van der Waals surface area contributed by atoms with Crippen molar-refractivity contribution in [2.75, 3.05) is 6.54 Å². The Hall–Kier alpha value is -1.25. The van der Waals surface area contributed by atoms with Crippen molar-refractivity contribution in [3.05, 3.63) is 28.6 Å². The zero-order valence-electron chi connectivity index (χ0n) is 14.8. The van der Waals surface area contributed by atoms with Gasteiger partial charge in [-0.3, -0.25) is 4.79 Å². The third-order valence-electron chi connectivity index (χ3n) is 4.83. The van der Waals surface area contributed by atoms with Gasteiger partial charge in [-0.2, -0.15) is 0 Å². The number of rotatable bonds is 7. The maximum atomic E-state index is 12.6. The van der Waals surface area contributed by atoms with E-state index in [1.165, 1.54) is 37.5 Å². The van der Waals surface area contributed by atoms with E-state index in [-0.39, 0.29) is 5.75 Å². The predicted molar refractivity (Wildman–Crippen MR) is 107 cm³/mol. The summed E-state index contributed by atoms with van der Waals surface area (Å²) in [7, 11) is -3.59. The maximum absolute atomic E-state index is 12.6. The second-order valence-corrected chi connectivity index (χ2v) is 10.9. The number of amides is 1. The standard InChI is InChI=1S/C18H24N2O3S3/c1-13(17(21)19-10-14-6-3-2-4-7-14)26(22,23)12-15-11-25-18(20-15)16-8-5-9-24-16/h5,8-9,11,13-14H,2-4,6-7,10,12H2,1H3,(H,19,21)/t13-/m1/s1. The highest BCUT2D eigenvalue weighted by molar-refractivity contribution is 7.92. The summed E-state index contributed by atoms with van der Waals surface area (Å²) in [5.41, 5.74) is 0.505. The van der Waals surface area contributed by atoms with Gasteiger partial charge in [0.15, 0.2) is 9.84 Å². The van der Waals surface area contributed by atoms with E-state index in [0.717, 1.165) is 22.7 Å². The quantitative estimate of drug-likeness (QED) is 0.749. The normalized spacial score (nSPS) is 17.1. The molecule has 2 aromatic rings. The molecule has 1 N–H and O–H groups in total. The van der Waals surface area contributed by atoms with Gasteiger partial charge >= 0.3 is 0 Å². The predicted octanol–water partition coefficient (Wildman–Crippen LogP) is 3.87. The van der Waals surface area contributed by atoms with Crippen molar-refractivity contribution in [2.45, 2.75) is 50.0 Å². The van der Waals surface area contributed by atoms with Crippen molar-refractivity contribution in [1.29, 1.82) is 0 Å². The minimum Gasteiger partial charge on any atom is -0.355 e. The van der Waals surface area contributed by atoms with Crippen LogP contribution in [0.2, 0.25) is 0 Å². The summed E-state index contributed by atoms with van der Waals surface area (Å²) in [4.78, 5) is 17.8. The zero-order valence-corrected chi connectivity index (χ0v) is 17.3. The molecule has 26 heavy (non-hydrogen) atoms. The molecule has 1 atom stereocenters. The number of sulfone groups is 1. The Labute approximate surface area is 162 Å². The van der Waals surface area contributed by atoms with Crippen molar-refractivity contribution in [2.24, 2.45) is 5.92 Å². The molecule has 1 aliphatic carbocycles. The summed E-state index contributed by atoms with van der Waals surface area (Å²) in [6.45, 7) is 2.05. The monoisotopic (exact) mass is 412 g/mol. The molecule has 2 heterocycles. The third kappa shape index (κ3) is 4.92. The van der Waals surface area contributed by atoms with Crippen LogP contribution in [0.3, 0.4) is 0 Å². The minimum atomic E-state index is -3.59. The molecule has 5 nitrogen and oxygen atoms in total. The van der Waals surface area contributed by atoms with Crippen LogP contribution in [0.5, 0.6) is 0 Å². The first-order valence-corrected chi connectivity index (χ1v) is 12.4. The fourth-order valence-electron chi connectivity index (χ4n) is 3.16. The Bertz CT molecular complexity index is 822. The molecule has 0 aromatic carbocycles. The van der Waals surface area contributed by atoms with Gasteiger partial charge < -0.3 is 5.32 Å². The van der Waals surface area contributed by atoms with Crippen molar-refractivity contribution in [3.8, 4) is 9.88 Å². The third-order valence-corrected chi connectivity index (χ3v) is 8.75. The van der Waals surface area contributed by atoms with Gasteiger partial charge in [-0.1, -0.05) is 25.3 Å². The Balaban J connectivity index is 1.57. The second-order valence-electron chi connectivity index (χ2n) is 6.82. The van der Waals surface area contributed by atoms with E-state index < -0.39 is 21.0 Å². The smallest absolute Gasteiger partial charge is 0.238 e. The molecule has 1 fully saturated rings. The molecule has 2 aromatic heterocycles. The van der Waals surface area contributed by atoms with E-state index in [2.05, 4.69) is 10.3 Å². The second kappa shape index (κ2) is 8.63. The van der Waals surface area contributed by atoms with Crippen LogP contribution in [-0.4, -0.2) is 31.1 Å². The van der Waals surface area contributed by atoms with Gasteiger partial charge in [0.05, 0.1) is 16.3 Å². The fourth-order valence-corrected chi connectivity index (χ4v) is 6.12. The summed E-state index contributed by atoms with van der Waals surface area (Å²) in [5.74, 6) is -0.119. The summed E-state index contributed by atoms with van der Waals surface area (Å²) in [6, 6.07) is 3.90. The molecule has 142 valence electrons. The first kappa shape index (κ1) is 19.5. The average molecular weight is 413 g/mol. The van der Waals surface area contributed by atoms with Gasteiger partial charge in [0.25, 0.3) is 0 Å². The van der Waals surface area contributed by atoms with Gasteiger partial charge in [-0.25, -0.2) is 13.4 Å². The lowest BCUT2D eigenvalue weighted by Gasteiger charge is -2.22. The lowest BCUT2D eigenvalue weighted by Crippen LogP contribution is -2.40. The Kier molecular flexibility index (Phi) is 6.47. The van der Waals surface area contributed by atoms with Crippen LogP contribution >= 0.6 is 22.7 Å². The number of carbonyl (C=O) groups is 1. The summed E-state index contributed by atoms with van der Waals surface area (Å²) in [5, 5.41) is 6.33. The molecule has 0 saturated heterocycles. The molecule has 1 aliphatic rings. The van der Waals surface area contributed by atoms with Gasteiger partial charge in [0.1, 0.15) is 10.3 Å². The highest BCUT2D eigenvalue weighted by atomic mass is 32.2. The number of aromatic nitrogens is 1. The number of thiophene rings is 1. The molecule has 0 spiro atoms. The molecule has 1 saturated carbocycles. The van der Waals surface area contributed by atoms with Crippen LogP contribution in [0.25, 0.3) is 9.88 Å². The van der Waals surface area contributed by atoms with Crippen molar-refractivity contribution in [1.82, 2.24) is 10.3 Å². The van der Waals surface area contributed by atoms with Crippen LogP contribution in [0.15, 0.2) is 22.9 Å². The van der Waals surface area contributed by atoms with Gasteiger partial charge in [0, 0.05) is 11.9 Å². The van der Waals surface area contributed by atoms with E-state index in [1.807, 2.05) is 17.5 Å². The Morgan fingerprint density at radius 3 is 2.77 bits per heavy atom. The van der Waals surface area contributed by atoms with E-state index in [9.17, 15) is 13.2 Å². The van der Waals surface area contributed by atoms with E-state index in [1.54, 1.807) is 16.7 Å². The molecule has 3 rings (SSSR count). The molecule has 8 heteroatoms. The summed E-state index contributed by atoms with van der Waals surface area (Å²) >= 11 is 3.00. The van der Waals surface area contributed by atoms with Crippen LogP contribution < -0.4 is 5.32 Å². The number of nitrogens with one attached hydrogen (secondary N) is 1. The van der Waals surface area contributed by atoms with E-state index >= 15 is 0 Å². The largest absolute Gasteiger partial charge is 0.355 e. The SMILES string of the molecule is C[C@H](C(=O)NCC1CCCCC1)S(=O)(=O)Cc1csc(-c2cccs2)n1. The molecular weight excluding hydrogens is 388 g/mol. The molecular formula is C18H24N2O3S3. The average Bonchev–Trinajstić information content (AvgIpc) is 3.31. The first-order chi connectivity index (χ1) is 12.5. The van der Waals surface area contributed by atoms with Gasteiger partial charge in [-0.15, -0.1) is 22.7 Å². The van der Waals surface area contributed by atoms with Crippen molar-refractivity contribution in [3.63, 3.8) is 0 Å². The van der Waals surface area contributed by atoms with Crippen molar-refractivity contribution < 1.29 is 13.2 Å². The highest BCUT2D eigenvalue weighted by Gasteiger charge is 2.29. The van der Waals surface area contributed by atoms with Crippen LogP contribution in [0.1, 0.15) is 44.7 Å². The lowest BCUT2D eigenvalue weighted by atomic mass is 9.89. The highest BCUT2D eigenvalue weighted by Crippen LogP contribution is 2.28. The van der Waals surface area contributed by atoms with Crippen LogP contribution in [0, 0.1) is 5.92 Å². The first-order valence-electron chi connectivity index (χ1n) is 8.93. The Morgan fingerprint density at radius 2 is 2.08 bits per heavy atom. The zero-order chi connectivity index (χ0) is 18.6. The molecule has 0 aliphatic heterocycles. The fraction of sp³-hybridized carbons (Fsp3) is 0.556. The number of hydrogen-bond donors (Lipinski definition) is 1. The molecule has 0 bridgehead atoms. The maximum Gasteiger partial charge on any atom is 0.238 e. The topological polar surface area (TPSA) is 76.1 Å². The molecule has 0 unspecified atom stereocenters. The van der Waals surface area contributed by atoms with Crippen molar-refractivity contribution >= 4 is 38.4 Å². The number of thiazole rings is 1. The van der Waals surface area contributed by atoms with Crippen LogP contribution in [-0.2, 0) is 20.4 Å². The van der Waals surface area contributed by atoms with E-state index in [4.69, 9.17) is 0 Å². The molecule has 1 amide bonds. The minimum absolute atomic E-state index is 0.201. The summed E-state index contributed by atoms with van der Waals surface area (Å²) in [6.07, 6.45) is 5.89. The lowest BCUT2D eigenvalue weighted by molar-refractivity contribution is -0.120.